The van der Waals surface area contributed by atoms with Gasteiger partial charge in [0.1, 0.15) is 17.3 Å². The number of hydrogen-bond acceptors (Lipinski definition) is 4. The predicted octanol–water partition coefficient (Wildman–Crippen LogP) is 5.40. The topological polar surface area (TPSA) is 65.4 Å². The maximum atomic E-state index is 12.7. The van der Waals surface area contributed by atoms with Gasteiger partial charge in [-0.3, -0.25) is 4.79 Å². The van der Waals surface area contributed by atoms with E-state index in [0.717, 1.165) is 48.4 Å². The molecule has 0 atom stereocenters. The van der Waals surface area contributed by atoms with Gasteiger partial charge in [0.15, 0.2) is 0 Å². The Morgan fingerprint density at radius 1 is 0.971 bits per heavy atom. The number of nitrogens with one attached hydrogen (secondary N) is 1. The van der Waals surface area contributed by atoms with Gasteiger partial charge in [-0.1, -0.05) is 37.3 Å². The molecular formula is C28H31N3O3. The number of carbonyl (C=O) groups is 1. The smallest absolute Gasteiger partial charge is 0.251 e. The molecule has 0 unspecified atom stereocenters. The number of methoxy groups -OCH3 is 1. The van der Waals surface area contributed by atoms with Gasteiger partial charge in [-0.05, 0) is 67.3 Å². The molecule has 6 nitrogen and oxygen atoms in total. The van der Waals surface area contributed by atoms with Crippen LogP contribution in [0.5, 0.6) is 11.5 Å². The van der Waals surface area contributed by atoms with Crippen LogP contribution in [-0.4, -0.2) is 29.2 Å². The van der Waals surface area contributed by atoms with Crippen molar-refractivity contribution < 1.29 is 14.3 Å². The van der Waals surface area contributed by atoms with Crippen molar-refractivity contribution in [3.05, 3.63) is 89.7 Å². The zero-order chi connectivity index (χ0) is 23.8. The van der Waals surface area contributed by atoms with Crippen LogP contribution in [0.4, 0.5) is 0 Å². The van der Waals surface area contributed by atoms with Crippen molar-refractivity contribution in [1.82, 2.24) is 14.9 Å². The first-order valence-corrected chi connectivity index (χ1v) is 11.8. The molecule has 176 valence electrons. The number of aryl methyl sites for hydroxylation is 2. The lowest BCUT2D eigenvalue weighted by Crippen LogP contribution is -2.24. The molecule has 0 bridgehead atoms. The minimum absolute atomic E-state index is 0.153. The van der Waals surface area contributed by atoms with Gasteiger partial charge >= 0.3 is 0 Å². The van der Waals surface area contributed by atoms with E-state index in [4.69, 9.17) is 14.5 Å². The first-order valence-electron chi connectivity index (χ1n) is 11.8. The zero-order valence-corrected chi connectivity index (χ0v) is 19.8. The maximum Gasteiger partial charge on any atom is 0.251 e. The number of aromatic nitrogens is 2. The summed E-state index contributed by atoms with van der Waals surface area (Å²) in [5.74, 6) is 2.25. The fraction of sp³-hybridized carbons (Fsp3) is 0.286. The highest BCUT2D eigenvalue weighted by molar-refractivity contribution is 5.94. The van der Waals surface area contributed by atoms with Crippen LogP contribution in [0.15, 0.2) is 72.8 Å². The minimum Gasteiger partial charge on any atom is -0.497 e. The van der Waals surface area contributed by atoms with Gasteiger partial charge in [-0.2, -0.15) is 0 Å². The van der Waals surface area contributed by atoms with Crippen LogP contribution in [0.3, 0.4) is 0 Å². The molecule has 3 aromatic carbocycles. The van der Waals surface area contributed by atoms with Crippen molar-refractivity contribution in [2.24, 2.45) is 0 Å². The van der Waals surface area contributed by atoms with E-state index in [0.29, 0.717) is 24.5 Å². The van der Waals surface area contributed by atoms with Crippen molar-refractivity contribution in [3.8, 4) is 11.5 Å². The average Bonchev–Trinajstić information content (AvgIpc) is 3.24. The Labute approximate surface area is 200 Å². The third-order valence-corrected chi connectivity index (χ3v) is 5.85. The van der Waals surface area contributed by atoms with E-state index >= 15 is 0 Å². The molecule has 4 rings (SSSR count). The molecule has 1 aromatic heterocycles. The second kappa shape index (κ2) is 11.4. The highest BCUT2D eigenvalue weighted by Gasteiger charge is 2.13. The van der Waals surface area contributed by atoms with Crippen LogP contribution in [0.1, 0.15) is 41.5 Å². The number of amides is 1. The Balaban J connectivity index is 1.36. The van der Waals surface area contributed by atoms with Gasteiger partial charge in [0.25, 0.3) is 5.91 Å². The van der Waals surface area contributed by atoms with E-state index in [1.807, 2.05) is 42.5 Å². The van der Waals surface area contributed by atoms with E-state index in [1.54, 1.807) is 19.2 Å². The highest BCUT2D eigenvalue weighted by Crippen LogP contribution is 2.18. The molecule has 0 radical (unpaired) electrons. The van der Waals surface area contributed by atoms with Gasteiger partial charge in [0.05, 0.1) is 31.3 Å². The Kier molecular flexibility index (Phi) is 7.81. The van der Waals surface area contributed by atoms with Crippen molar-refractivity contribution in [1.29, 1.82) is 0 Å². The largest absolute Gasteiger partial charge is 0.497 e. The molecule has 1 amide bonds. The van der Waals surface area contributed by atoms with E-state index in [9.17, 15) is 4.79 Å². The number of imidazole rings is 1. The fourth-order valence-corrected chi connectivity index (χ4v) is 3.92. The monoisotopic (exact) mass is 457 g/mol. The summed E-state index contributed by atoms with van der Waals surface area (Å²) < 4.78 is 13.3. The van der Waals surface area contributed by atoms with Crippen molar-refractivity contribution in [2.45, 2.75) is 39.3 Å². The summed E-state index contributed by atoms with van der Waals surface area (Å²) in [6, 6.07) is 23.5. The molecule has 0 spiro atoms. The second-order valence-electron chi connectivity index (χ2n) is 8.14. The summed E-state index contributed by atoms with van der Waals surface area (Å²) in [5, 5.41) is 3.00. The molecule has 0 fully saturated rings. The van der Waals surface area contributed by atoms with Crippen LogP contribution in [-0.2, 0) is 19.5 Å². The van der Waals surface area contributed by atoms with Crippen molar-refractivity contribution in [3.63, 3.8) is 0 Å². The number of nitrogens with zero attached hydrogens (tertiary/aromatic N) is 2. The summed E-state index contributed by atoms with van der Waals surface area (Å²) in [4.78, 5) is 17.4. The molecule has 6 heteroatoms. The van der Waals surface area contributed by atoms with Gasteiger partial charge in [0.2, 0.25) is 0 Å². The fourth-order valence-electron chi connectivity index (χ4n) is 3.92. The standard InChI is InChI=1S/C28H31N3O3/c1-3-21-13-15-23(16-14-21)34-18-7-6-17-31-26-12-5-4-11-25(26)30-27(31)20-29-28(32)22-9-8-10-24(19-22)33-2/h4-5,8-16,19H,3,6-7,17-18,20H2,1-2H3,(H,29,32). The van der Waals surface area contributed by atoms with Crippen LogP contribution in [0, 0.1) is 0 Å². The molecule has 0 aliphatic heterocycles. The third kappa shape index (κ3) is 5.76. The van der Waals surface area contributed by atoms with E-state index < -0.39 is 0 Å². The lowest BCUT2D eigenvalue weighted by atomic mass is 10.2. The van der Waals surface area contributed by atoms with Crippen LogP contribution in [0.2, 0.25) is 0 Å². The molecule has 1 N–H and O–H groups in total. The molecule has 0 saturated heterocycles. The summed E-state index contributed by atoms with van der Waals surface area (Å²) in [5.41, 5.74) is 3.88. The number of fused-ring (bicyclic) bond motifs is 1. The number of unbranched alkanes of at least 4 members (excludes halogenated alkanes) is 1. The van der Waals surface area contributed by atoms with E-state index in [1.165, 1.54) is 5.56 Å². The Hall–Kier alpha value is -3.80. The van der Waals surface area contributed by atoms with Crippen LogP contribution < -0.4 is 14.8 Å². The Morgan fingerprint density at radius 3 is 2.59 bits per heavy atom. The number of para-hydroxylation sites is 2. The number of hydrogen-bond donors (Lipinski definition) is 1. The molecule has 4 aromatic rings. The SMILES string of the molecule is CCc1ccc(OCCCCn2c(CNC(=O)c3cccc(OC)c3)nc3ccccc32)cc1. The second-order valence-corrected chi connectivity index (χ2v) is 8.14. The summed E-state index contributed by atoms with van der Waals surface area (Å²) in [6.45, 7) is 3.97. The van der Waals surface area contributed by atoms with Gasteiger partial charge in [0, 0.05) is 12.1 Å². The molecule has 1 heterocycles. The molecule has 0 aliphatic carbocycles. The molecular weight excluding hydrogens is 426 g/mol. The number of carbonyl (C=O) groups excluding carboxylic acids is 1. The van der Waals surface area contributed by atoms with E-state index in [-0.39, 0.29) is 5.91 Å². The van der Waals surface area contributed by atoms with E-state index in [2.05, 4.69) is 35.0 Å². The molecule has 34 heavy (non-hydrogen) atoms. The van der Waals surface area contributed by atoms with Crippen LogP contribution >= 0.6 is 0 Å². The predicted molar refractivity (Wildman–Crippen MR) is 134 cm³/mol. The summed E-state index contributed by atoms with van der Waals surface area (Å²) in [6.07, 6.45) is 2.91. The highest BCUT2D eigenvalue weighted by atomic mass is 16.5. The lowest BCUT2D eigenvalue weighted by molar-refractivity contribution is 0.0949. The quantitative estimate of drug-likeness (QED) is 0.307. The zero-order valence-electron chi connectivity index (χ0n) is 19.8. The van der Waals surface area contributed by atoms with Crippen molar-refractivity contribution >= 4 is 16.9 Å². The van der Waals surface area contributed by atoms with Crippen molar-refractivity contribution in [2.75, 3.05) is 13.7 Å². The number of ether oxygens (including phenoxy) is 2. The normalized spacial score (nSPS) is 10.9. The summed E-state index contributed by atoms with van der Waals surface area (Å²) in [7, 11) is 1.59. The first kappa shape index (κ1) is 23.4. The van der Waals surface area contributed by atoms with Gasteiger partial charge < -0.3 is 19.4 Å². The Bertz CT molecular complexity index is 1230. The summed E-state index contributed by atoms with van der Waals surface area (Å²) >= 11 is 0. The Morgan fingerprint density at radius 2 is 1.79 bits per heavy atom. The van der Waals surface area contributed by atoms with Gasteiger partial charge in [-0.25, -0.2) is 4.98 Å². The van der Waals surface area contributed by atoms with Crippen LogP contribution in [0.25, 0.3) is 11.0 Å². The first-order chi connectivity index (χ1) is 16.7. The maximum absolute atomic E-state index is 12.7. The molecule has 0 saturated carbocycles. The average molecular weight is 458 g/mol. The number of benzene rings is 3. The minimum atomic E-state index is -0.153. The third-order valence-electron chi connectivity index (χ3n) is 5.85. The van der Waals surface area contributed by atoms with Gasteiger partial charge in [-0.15, -0.1) is 0 Å². The molecule has 0 aliphatic rings. The lowest BCUT2D eigenvalue weighted by Gasteiger charge is -2.11. The number of rotatable bonds is 11.